The highest BCUT2D eigenvalue weighted by Crippen LogP contribution is 2.37. The van der Waals surface area contributed by atoms with Gasteiger partial charge in [-0.15, -0.1) is 0 Å². The minimum atomic E-state index is -3.19. The van der Waals surface area contributed by atoms with Crippen LogP contribution in [-0.2, 0) is 0 Å². The van der Waals surface area contributed by atoms with Crippen LogP contribution in [-0.4, -0.2) is 49.4 Å². The molecule has 4 rings (SSSR count). The molecule has 0 N–H and O–H groups in total. The van der Waals surface area contributed by atoms with Gasteiger partial charge in [-0.2, -0.15) is 10.1 Å². The predicted octanol–water partition coefficient (Wildman–Crippen LogP) is 3.63. The molecule has 152 valence electrons. The van der Waals surface area contributed by atoms with E-state index in [4.69, 9.17) is 11.6 Å². The number of likely N-dealkylation sites (tertiary alicyclic amines) is 1. The van der Waals surface area contributed by atoms with Gasteiger partial charge in [0.2, 0.25) is 0 Å². The molecule has 0 spiro atoms. The second-order valence-electron chi connectivity index (χ2n) is 6.99. The van der Waals surface area contributed by atoms with E-state index in [1.54, 1.807) is 13.0 Å². The van der Waals surface area contributed by atoms with Crippen LogP contribution in [0, 0.1) is 18.6 Å². The zero-order valence-electron chi connectivity index (χ0n) is 15.0. The second kappa shape index (κ2) is 6.94. The summed E-state index contributed by atoms with van der Waals surface area (Å²) in [5, 5.41) is 3.44. The number of fused-ring (bicyclic) bond motifs is 1. The molecule has 1 aromatic carbocycles. The van der Waals surface area contributed by atoms with Gasteiger partial charge in [0.05, 0.1) is 17.3 Å². The van der Waals surface area contributed by atoms with E-state index in [9.17, 15) is 22.4 Å². The lowest BCUT2D eigenvalue weighted by Gasteiger charge is -2.37. The minimum Gasteiger partial charge on any atom is -0.332 e. The predicted molar refractivity (Wildman–Crippen MR) is 95.1 cm³/mol. The Bertz CT molecular complexity index is 1100. The van der Waals surface area contributed by atoms with Crippen LogP contribution in [0.3, 0.4) is 0 Å². The van der Waals surface area contributed by atoms with Crippen molar-refractivity contribution in [3.05, 3.63) is 58.1 Å². The second-order valence-corrected chi connectivity index (χ2v) is 7.40. The van der Waals surface area contributed by atoms with Crippen LogP contribution < -0.4 is 0 Å². The number of aryl methyl sites for hydroxylation is 1. The minimum absolute atomic E-state index is 0.0660. The van der Waals surface area contributed by atoms with Crippen molar-refractivity contribution in [3.63, 3.8) is 0 Å². The molecule has 1 amide bonds. The maximum atomic E-state index is 14.5. The molecule has 0 radical (unpaired) electrons. The number of aromatic nitrogens is 4. The van der Waals surface area contributed by atoms with Crippen molar-refractivity contribution in [2.24, 2.45) is 0 Å². The first-order chi connectivity index (χ1) is 13.6. The topological polar surface area (TPSA) is 63.4 Å². The van der Waals surface area contributed by atoms with Gasteiger partial charge < -0.3 is 4.90 Å². The lowest BCUT2D eigenvalue weighted by atomic mass is 9.91. The van der Waals surface area contributed by atoms with Crippen LogP contribution in [0.1, 0.15) is 34.1 Å². The molecule has 3 heterocycles. The van der Waals surface area contributed by atoms with Gasteiger partial charge in [-0.05, 0) is 25.1 Å². The lowest BCUT2D eigenvalue weighted by molar-refractivity contribution is -0.0641. The lowest BCUT2D eigenvalue weighted by Crippen LogP contribution is -2.49. The van der Waals surface area contributed by atoms with Crippen LogP contribution >= 0.6 is 11.6 Å². The highest BCUT2D eigenvalue weighted by Gasteiger charge is 2.43. The average molecular weight is 428 g/mol. The fourth-order valence-electron chi connectivity index (χ4n) is 3.56. The van der Waals surface area contributed by atoms with E-state index in [0.29, 0.717) is 17.5 Å². The molecule has 2 aromatic heterocycles. The third-order valence-electron chi connectivity index (χ3n) is 4.75. The highest BCUT2D eigenvalue weighted by molar-refractivity contribution is 6.31. The van der Waals surface area contributed by atoms with E-state index >= 15 is 0 Å². The fourth-order valence-corrected chi connectivity index (χ4v) is 3.77. The molecular formula is C18H14ClF4N5O. The summed E-state index contributed by atoms with van der Waals surface area (Å²) in [7, 11) is 0. The smallest absolute Gasteiger partial charge is 0.266 e. The Kier molecular flexibility index (Phi) is 4.68. The normalized spacial score (nSPS) is 19.0. The Balaban J connectivity index is 1.71. The van der Waals surface area contributed by atoms with Gasteiger partial charge in [0.15, 0.2) is 11.6 Å². The Morgan fingerprint density at radius 3 is 2.76 bits per heavy atom. The van der Waals surface area contributed by atoms with Crippen molar-refractivity contribution >= 4 is 23.3 Å². The molecule has 1 aliphatic rings. The molecule has 0 unspecified atom stereocenters. The summed E-state index contributed by atoms with van der Waals surface area (Å²) < 4.78 is 57.4. The van der Waals surface area contributed by atoms with Crippen LogP contribution in [0.2, 0.25) is 5.02 Å². The van der Waals surface area contributed by atoms with Gasteiger partial charge in [-0.3, -0.25) is 4.79 Å². The zero-order valence-corrected chi connectivity index (χ0v) is 15.8. The Morgan fingerprint density at radius 1 is 1.28 bits per heavy atom. The molecule has 11 heteroatoms. The number of carbonyl (C=O) groups excluding carboxylic acids is 1. The summed E-state index contributed by atoms with van der Waals surface area (Å²) in [5.74, 6) is -7.18. The Labute approximate surface area is 167 Å². The Hall–Kier alpha value is -2.75. The Morgan fingerprint density at radius 2 is 2.03 bits per heavy atom. The first-order valence-corrected chi connectivity index (χ1v) is 9.01. The van der Waals surface area contributed by atoms with E-state index in [1.165, 1.54) is 10.8 Å². The van der Waals surface area contributed by atoms with Crippen LogP contribution in [0.25, 0.3) is 5.78 Å². The maximum Gasteiger partial charge on any atom is 0.266 e. The standard InChI is InChI=1S/C18H14ClF4N5O/c1-9-2-14(28-17(26-9)24-8-25-28)11-5-18(22,23)7-27(6-11)16(29)10-3-12(19)15(21)13(20)4-10/h2-4,8,11H,5-7H2,1H3/t11-/m0/s1. The monoisotopic (exact) mass is 427 g/mol. The van der Waals surface area contributed by atoms with Crippen molar-refractivity contribution in [1.82, 2.24) is 24.5 Å². The number of rotatable bonds is 2. The molecule has 29 heavy (non-hydrogen) atoms. The molecule has 1 saturated heterocycles. The summed E-state index contributed by atoms with van der Waals surface area (Å²) >= 11 is 5.59. The van der Waals surface area contributed by atoms with E-state index in [-0.39, 0.29) is 17.9 Å². The summed E-state index contributed by atoms with van der Waals surface area (Å²) in [6.07, 6.45) is 0.756. The molecule has 1 atom stereocenters. The van der Waals surface area contributed by atoms with Gasteiger partial charge in [-0.1, -0.05) is 11.6 Å². The number of alkyl halides is 2. The van der Waals surface area contributed by atoms with Crippen molar-refractivity contribution in [1.29, 1.82) is 0 Å². The first-order valence-electron chi connectivity index (χ1n) is 8.63. The van der Waals surface area contributed by atoms with E-state index in [1.807, 2.05) is 0 Å². The summed E-state index contributed by atoms with van der Waals surface area (Å²) in [4.78, 5) is 21.8. The third kappa shape index (κ3) is 3.64. The summed E-state index contributed by atoms with van der Waals surface area (Å²) in [5.41, 5.74) is 0.701. The molecule has 1 aliphatic heterocycles. The van der Waals surface area contributed by atoms with Crippen molar-refractivity contribution < 1.29 is 22.4 Å². The molecule has 0 saturated carbocycles. The van der Waals surface area contributed by atoms with Gasteiger partial charge in [0, 0.05) is 30.1 Å². The van der Waals surface area contributed by atoms with Crippen LogP contribution in [0.5, 0.6) is 0 Å². The van der Waals surface area contributed by atoms with Crippen molar-refractivity contribution in [2.45, 2.75) is 25.2 Å². The average Bonchev–Trinajstić information content (AvgIpc) is 3.11. The van der Waals surface area contributed by atoms with Gasteiger partial charge in [-0.25, -0.2) is 27.1 Å². The first kappa shape index (κ1) is 19.6. The number of carbonyl (C=O) groups is 1. The fraction of sp³-hybridized carbons (Fsp3) is 0.333. The number of hydrogen-bond donors (Lipinski definition) is 0. The number of hydrogen-bond acceptors (Lipinski definition) is 4. The number of benzene rings is 1. The van der Waals surface area contributed by atoms with Crippen molar-refractivity contribution in [3.8, 4) is 0 Å². The molecular weight excluding hydrogens is 414 g/mol. The number of nitrogens with zero attached hydrogens (tertiary/aromatic N) is 5. The van der Waals surface area contributed by atoms with Crippen molar-refractivity contribution in [2.75, 3.05) is 13.1 Å². The third-order valence-corrected chi connectivity index (χ3v) is 5.03. The highest BCUT2D eigenvalue weighted by atomic mass is 35.5. The largest absolute Gasteiger partial charge is 0.332 e. The summed E-state index contributed by atoms with van der Waals surface area (Å²) in [6.45, 7) is 0.790. The molecule has 1 fully saturated rings. The quantitative estimate of drug-likeness (QED) is 0.463. The molecule has 6 nitrogen and oxygen atoms in total. The maximum absolute atomic E-state index is 14.5. The van der Waals surface area contributed by atoms with Gasteiger partial charge in [0.25, 0.3) is 17.6 Å². The van der Waals surface area contributed by atoms with Gasteiger partial charge in [0.1, 0.15) is 6.33 Å². The SMILES string of the molecule is Cc1cc([C@@H]2CN(C(=O)c3cc(F)c(F)c(Cl)c3)CC(F)(F)C2)n2ncnc2n1. The number of amides is 1. The molecule has 3 aromatic rings. The molecule has 0 bridgehead atoms. The van der Waals surface area contributed by atoms with E-state index in [0.717, 1.165) is 11.0 Å². The number of piperidine rings is 1. The van der Waals surface area contributed by atoms with E-state index in [2.05, 4.69) is 15.1 Å². The zero-order chi connectivity index (χ0) is 20.9. The van der Waals surface area contributed by atoms with E-state index < -0.39 is 47.4 Å². The van der Waals surface area contributed by atoms with Crippen LogP contribution in [0.4, 0.5) is 17.6 Å². The molecule has 0 aliphatic carbocycles. The summed E-state index contributed by atoms with van der Waals surface area (Å²) in [6, 6.07) is 3.19. The van der Waals surface area contributed by atoms with Gasteiger partial charge >= 0.3 is 0 Å². The van der Waals surface area contributed by atoms with Crippen LogP contribution in [0.15, 0.2) is 24.5 Å². The number of halogens is 5.